The average molecular weight is 375 g/mol. The van der Waals surface area contributed by atoms with E-state index >= 15 is 0 Å². The molecular formula is C23H26OSi2. The van der Waals surface area contributed by atoms with Gasteiger partial charge >= 0.3 is 0 Å². The van der Waals surface area contributed by atoms with Crippen molar-refractivity contribution in [3.63, 3.8) is 0 Å². The van der Waals surface area contributed by atoms with E-state index < -0.39 is 16.1 Å². The number of ketones is 1. The zero-order valence-corrected chi connectivity index (χ0v) is 18.5. The fourth-order valence-corrected chi connectivity index (χ4v) is 3.13. The minimum absolute atomic E-state index is 0.0272. The Balaban J connectivity index is 2.16. The van der Waals surface area contributed by atoms with Gasteiger partial charge in [0.05, 0.1) is 0 Å². The lowest BCUT2D eigenvalue weighted by Gasteiger charge is -2.05. The van der Waals surface area contributed by atoms with Crippen LogP contribution in [0.4, 0.5) is 0 Å². The molecule has 0 aromatic heterocycles. The molecule has 0 saturated carbocycles. The van der Waals surface area contributed by atoms with E-state index in [0.717, 1.165) is 11.1 Å². The maximum Gasteiger partial charge on any atom is 0.193 e. The summed E-state index contributed by atoms with van der Waals surface area (Å²) in [5.41, 5.74) is 9.97. The van der Waals surface area contributed by atoms with Crippen molar-refractivity contribution in [3.8, 4) is 22.9 Å². The van der Waals surface area contributed by atoms with Crippen molar-refractivity contribution in [3.05, 3.63) is 70.8 Å². The SMILES string of the molecule is C[Si](C)(C)C#Cc1ccc(C(=O)c2ccc(C#C[Si](C)(C)C)cc2)cc1. The van der Waals surface area contributed by atoms with Gasteiger partial charge < -0.3 is 0 Å². The lowest BCUT2D eigenvalue weighted by Crippen LogP contribution is -2.16. The van der Waals surface area contributed by atoms with Gasteiger partial charge in [0.15, 0.2) is 5.78 Å². The van der Waals surface area contributed by atoms with Gasteiger partial charge in [-0.1, -0.05) is 51.1 Å². The lowest BCUT2D eigenvalue weighted by atomic mass is 10.0. The molecule has 0 amide bonds. The van der Waals surface area contributed by atoms with E-state index in [4.69, 9.17) is 0 Å². The first-order valence-corrected chi connectivity index (χ1v) is 15.8. The van der Waals surface area contributed by atoms with E-state index in [-0.39, 0.29) is 5.78 Å². The van der Waals surface area contributed by atoms with Gasteiger partial charge in [-0.25, -0.2) is 0 Å². The van der Waals surface area contributed by atoms with E-state index in [9.17, 15) is 4.79 Å². The predicted octanol–water partition coefficient (Wildman–Crippen LogP) is 5.38. The summed E-state index contributed by atoms with van der Waals surface area (Å²) >= 11 is 0. The summed E-state index contributed by atoms with van der Waals surface area (Å²) in [6.07, 6.45) is 0. The molecule has 0 radical (unpaired) electrons. The molecule has 26 heavy (non-hydrogen) atoms. The predicted molar refractivity (Wildman–Crippen MR) is 117 cm³/mol. The Morgan fingerprint density at radius 3 is 1.19 bits per heavy atom. The van der Waals surface area contributed by atoms with E-state index in [1.165, 1.54) is 0 Å². The summed E-state index contributed by atoms with van der Waals surface area (Å²) in [6.45, 7) is 13.3. The average Bonchev–Trinajstić information content (AvgIpc) is 2.57. The van der Waals surface area contributed by atoms with Crippen LogP contribution in [0.3, 0.4) is 0 Å². The summed E-state index contributed by atoms with van der Waals surface area (Å²) in [5.74, 6) is 6.45. The first-order chi connectivity index (χ1) is 12.0. The van der Waals surface area contributed by atoms with Crippen molar-refractivity contribution in [1.82, 2.24) is 0 Å². The highest BCUT2D eigenvalue weighted by molar-refractivity contribution is 6.84. The number of hydrogen-bond acceptors (Lipinski definition) is 1. The molecule has 0 unspecified atom stereocenters. The van der Waals surface area contributed by atoms with Gasteiger partial charge in [0, 0.05) is 22.3 Å². The van der Waals surface area contributed by atoms with Gasteiger partial charge in [0.25, 0.3) is 0 Å². The summed E-state index contributed by atoms with van der Waals surface area (Å²) in [6, 6.07) is 15.1. The summed E-state index contributed by atoms with van der Waals surface area (Å²) < 4.78 is 0. The number of hydrogen-bond donors (Lipinski definition) is 0. The van der Waals surface area contributed by atoms with Crippen molar-refractivity contribution < 1.29 is 4.79 Å². The van der Waals surface area contributed by atoms with Gasteiger partial charge in [-0.3, -0.25) is 4.79 Å². The molecule has 1 nitrogen and oxygen atoms in total. The first kappa shape index (κ1) is 20.0. The fraction of sp³-hybridized carbons (Fsp3) is 0.261. The largest absolute Gasteiger partial charge is 0.289 e. The monoisotopic (exact) mass is 374 g/mol. The molecule has 0 atom stereocenters. The van der Waals surface area contributed by atoms with Crippen molar-refractivity contribution in [2.75, 3.05) is 0 Å². The van der Waals surface area contributed by atoms with Crippen LogP contribution in [0.2, 0.25) is 39.3 Å². The third-order valence-corrected chi connectivity index (χ3v) is 5.21. The normalized spacial score (nSPS) is 11.0. The molecule has 0 aliphatic carbocycles. The maximum atomic E-state index is 12.6. The molecule has 0 aliphatic heterocycles. The third-order valence-electron chi connectivity index (χ3n) is 3.46. The lowest BCUT2D eigenvalue weighted by molar-refractivity contribution is 0.103. The summed E-state index contributed by atoms with van der Waals surface area (Å²) in [7, 11) is -2.78. The third kappa shape index (κ3) is 6.52. The zero-order valence-electron chi connectivity index (χ0n) is 16.5. The second-order valence-corrected chi connectivity index (χ2v) is 18.0. The second-order valence-electron chi connectivity index (χ2n) is 8.48. The first-order valence-electron chi connectivity index (χ1n) is 8.85. The maximum absolute atomic E-state index is 12.6. The molecule has 0 fully saturated rings. The van der Waals surface area contributed by atoms with Crippen molar-refractivity contribution >= 4 is 21.9 Å². The summed E-state index contributed by atoms with van der Waals surface area (Å²) in [4.78, 5) is 12.6. The molecule has 132 valence electrons. The van der Waals surface area contributed by atoms with Crippen LogP contribution in [0, 0.1) is 22.9 Å². The number of rotatable bonds is 2. The van der Waals surface area contributed by atoms with Gasteiger partial charge in [0.2, 0.25) is 0 Å². The van der Waals surface area contributed by atoms with Crippen molar-refractivity contribution in [2.45, 2.75) is 39.3 Å². The fourth-order valence-electron chi connectivity index (χ4n) is 2.10. The molecule has 0 bridgehead atoms. The smallest absolute Gasteiger partial charge is 0.193 e. The Kier molecular flexibility index (Phi) is 6.08. The van der Waals surface area contributed by atoms with Gasteiger partial charge in [0.1, 0.15) is 16.1 Å². The minimum Gasteiger partial charge on any atom is -0.289 e. The quantitative estimate of drug-likeness (QED) is 0.392. The van der Waals surface area contributed by atoms with Crippen LogP contribution < -0.4 is 0 Å². The second kappa shape index (κ2) is 7.91. The molecule has 2 rings (SSSR count). The van der Waals surface area contributed by atoms with Crippen LogP contribution in [-0.2, 0) is 0 Å². The Morgan fingerprint density at radius 2 is 0.923 bits per heavy atom. The standard InChI is InChI=1S/C23H26OSi2/c1-25(2,3)17-15-19-7-11-21(12-8-19)23(24)22-13-9-20(10-14-22)16-18-26(4,5)6/h7-14H,1-6H3. The Labute approximate surface area is 159 Å². The molecule has 0 saturated heterocycles. The molecule has 0 heterocycles. The zero-order chi connectivity index (χ0) is 19.4. The highest BCUT2D eigenvalue weighted by atomic mass is 28.3. The van der Waals surface area contributed by atoms with Crippen LogP contribution in [0.15, 0.2) is 48.5 Å². The number of carbonyl (C=O) groups excluding carboxylic acids is 1. The molecule has 0 spiro atoms. The van der Waals surface area contributed by atoms with Crippen LogP contribution >= 0.6 is 0 Å². The van der Waals surface area contributed by atoms with Crippen molar-refractivity contribution in [1.29, 1.82) is 0 Å². The molecule has 0 N–H and O–H groups in total. The number of carbonyl (C=O) groups is 1. The van der Waals surface area contributed by atoms with E-state index in [1.807, 2.05) is 48.5 Å². The minimum atomic E-state index is -1.39. The Hall–Kier alpha value is -2.34. The van der Waals surface area contributed by atoms with Crippen molar-refractivity contribution in [2.24, 2.45) is 0 Å². The molecule has 0 aliphatic rings. The van der Waals surface area contributed by atoms with E-state index in [1.54, 1.807) is 0 Å². The van der Waals surface area contributed by atoms with Crippen LogP contribution in [0.25, 0.3) is 0 Å². The highest BCUT2D eigenvalue weighted by Gasteiger charge is 2.10. The molecular weight excluding hydrogens is 348 g/mol. The van der Waals surface area contributed by atoms with E-state index in [0.29, 0.717) is 11.1 Å². The topological polar surface area (TPSA) is 17.1 Å². The van der Waals surface area contributed by atoms with E-state index in [2.05, 4.69) is 62.2 Å². The molecule has 2 aromatic carbocycles. The number of benzene rings is 2. The molecule has 3 heteroatoms. The van der Waals surface area contributed by atoms with Gasteiger partial charge in [-0.2, -0.15) is 0 Å². The van der Waals surface area contributed by atoms with Crippen LogP contribution in [-0.4, -0.2) is 21.9 Å². The summed E-state index contributed by atoms with van der Waals surface area (Å²) in [5, 5.41) is 0. The highest BCUT2D eigenvalue weighted by Crippen LogP contribution is 2.12. The molecule has 2 aromatic rings. The Morgan fingerprint density at radius 1 is 0.615 bits per heavy atom. The Bertz CT molecular complexity index is 824. The van der Waals surface area contributed by atoms with Crippen LogP contribution in [0.1, 0.15) is 27.0 Å². The van der Waals surface area contributed by atoms with Crippen LogP contribution in [0.5, 0.6) is 0 Å². The van der Waals surface area contributed by atoms with Gasteiger partial charge in [-0.15, -0.1) is 11.1 Å². The van der Waals surface area contributed by atoms with Gasteiger partial charge in [-0.05, 0) is 48.5 Å².